The predicted octanol–water partition coefficient (Wildman–Crippen LogP) is 0.527. The first-order valence-corrected chi connectivity index (χ1v) is 5.22. The molecule has 1 aromatic rings. The van der Waals surface area contributed by atoms with Crippen molar-refractivity contribution >= 4 is 11.5 Å². The number of anilines is 1. The number of rotatable bonds is 3. The van der Waals surface area contributed by atoms with Gasteiger partial charge in [0.1, 0.15) is 0 Å². The van der Waals surface area contributed by atoms with Gasteiger partial charge in [-0.3, -0.25) is 9.78 Å². The van der Waals surface area contributed by atoms with Gasteiger partial charge >= 0.3 is 0 Å². The zero-order chi connectivity index (χ0) is 10.7. The number of nitrogens with two attached hydrogens (primary N) is 1. The van der Waals surface area contributed by atoms with E-state index in [4.69, 9.17) is 5.73 Å². The molecular weight excluding hydrogens is 190 g/mol. The number of aromatic nitrogens is 1. The van der Waals surface area contributed by atoms with Crippen LogP contribution >= 0.6 is 0 Å². The van der Waals surface area contributed by atoms with Gasteiger partial charge in [-0.15, -0.1) is 0 Å². The molecule has 3 N–H and O–H groups in total. The largest absolute Gasteiger partial charge is 0.398 e. The Kier molecular flexibility index (Phi) is 2.97. The molecule has 4 nitrogen and oxygen atoms in total. The van der Waals surface area contributed by atoms with E-state index in [1.54, 1.807) is 18.5 Å². The Bertz CT molecular complexity index is 359. The number of ketones is 1. The highest BCUT2D eigenvalue weighted by molar-refractivity contribution is 5.87. The Morgan fingerprint density at radius 1 is 1.67 bits per heavy atom. The molecule has 2 heterocycles. The van der Waals surface area contributed by atoms with Crippen LogP contribution in [-0.4, -0.2) is 23.4 Å². The van der Waals surface area contributed by atoms with Crippen LogP contribution in [0.4, 0.5) is 5.69 Å². The van der Waals surface area contributed by atoms with Gasteiger partial charge in [0.05, 0.1) is 6.04 Å². The third kappa shape index (κ3) is 2.33. The fourth-order valence-electron chi connectivity index (χ4n) is 1.86. The average Bonchev–Trinajstić information content (AvgIpc) is 2.74. The van der Waals surface area contributed by atoms with E-state index in [-0.39, 0.29) is 11.8 Å². The van der Waals surface area contributed by atoms with Crippen LogP contribution in [0.5, 0.6) is 0 Å². The van der Waals surface area contributed by atoms with Gasteiger partial charge in [0, 0.05) is 30.1 Å². The molecule has 0 aliphatic carbocycles. The Balaban J connectivity index is 2.02. The van der Waals surface area contributed by atoms with Gasteiger partial charge in [-0.2, -0.15) is 0 Å². The SMILES string of the molecule is Nc1ccncc1CC(=O)C1CCCN1. The molecule has 80 valence electrons. The number of Topliss-reactive ketones (excluding diaryl/α,β-unsaturated/α-hetero) is 1. The summed E-state index contributed by atoms with van der Waals surface area (Å²) >= 11 is 0. The van der Waals surface area contributed by atoms with Gasteiger partial charge in [-0.05, 0) is 25.5 Å². The van der Waals surface area contributed by atoms with Crippen molar-refractivity contribution in [2.45, 2.75) is 25.3 Å². The minimum absolute atomic E-state index is 0.0182. The Morgan fingerprint density at radius 3 is 3.20 bits per heavy atom. The molecule has 0 radical (unpaired) electrons. The van der Waals surface area contributed by atoms with E-state index in [0.29, 0.717) is 12.1 Å². The van der Waals surface area contributed by atoms with Crippen molar-refractivity contribution < 1.29 is 4.79 Å². The van der Waals surface area contributed by atoms with Crippen LogP contribution in [0, 0.1) is 0 Å². The number of hydrogen-bond donors (Lipinski definition) is 2. The fraction of sp³-hybridized carbons (Fsp3) is 0.455. The molecule has 1 unspecified atom stereocenters. The van der Waals surface area contributed by atoms with E-state index >= 15 is 0 Å². The lowest BCUT2D eigenvalue weighted by molar-refractivity contribution is -0.120. The number of carbonyl (C=O) groups excluding carboxylic acids is 1. The van der Waals surface area contributed by atoms with Gasteiger partial charge in [0.2, 0.25) is 0 Å². The van der Waals surface area contributed by atoms with E-state index in [0.717, 1.165) is 24.9 Å². The minimum atomic E-state index is 0.0182. The Morgan fingerprint density at radius 2 is 2.53 bits per heavy atom. The molecule has 0 bridgehead atoms. The van der Waals surface area contributed by atoms with Crippen LogP contribution in [0.1, 0.15) is 18.4 Å². The predicted molar refractivity (Wildman–Crippen MR) is 58.4 cm³/mol. The molecule has 1 fully saturated rings. The normalized spacial score (nSPS) is 20.4. The lowest BCUT2D eigenvalue weighted by Gasteiger charge is -2.09. The molecular formula is C11H15N3O. The first-order valence-electron chi connectivity index (χ1n) is 5.22. The molecule has 1 aliphatic rings. The van der Waals surface area contributed by atoms with Crippen LogP contribution < -0.4 is 11.1 Å². The lowest BCUT2D eigenvalue weighted by atomic mass is 10.0. The van der Waals surface area contributed by atoms with Crippen LogP contribution in [-0.2, 0) is 11.2 Å². The van der Waals surface area contributed by atoms with E-state index in [1.807, 2.05) is 0 Å². The van der Waals surface area contributed by atoms with Crippen LogP contribution in [0.15, 0.2) is 18.5 Å². The zero-order valence-electron chi connectivity index (χ0n) is 8.57. The highest BCUT2D eigenvalue weighted by Gasteiger charge is 2.22. The molecule has 2 rings (SSSR count). The summed E-state index contributed by atoms with van der Waals surface area (Å²) in [5.74, 6) is 0.215. The van der Waals surface area contributed by atoms with Crippen LogP contribution in [0.25, 0.3) is 0 Å². The van der Waals surface area contributed by atoms with Gasteiger partial charge in [0.15, 0.2) is 5.78 Å². The van der Waals surface area contributed by atoms with Crippen molar-refractivity contribution in [3.8, 4) is 0 Å². The second-order valence-corrected chi connectivity index (χ2v) is 3.87. The monoisotopic (exact) mass is 205 g/mol. The highest BCUT2D eigenvalue weighted by Crippen LogP contribution is 2.13. The first-order chi connectivity index (χ1) is 7.27. The number of pyridine rings is 1. The van der Waals surface area contributed by atoms with Gasteiger partial charge < -0.3 is 11.1 Å². The summed E-state index contributed by atoms with van der Waals surface area (Å²) in [6.45, 7) is 0.943. The molecule has 1 saturated heterocycles. The van der Waals surface area contributed by atoms with E-state index in [1.165, 1.54) is 0 Å². The molecule has 15 heavy (non-hydrogen) atoms. The lowest BCUT2D eigenvalue weighted by Crippen LogP contribution is -2.32. The van der Waals surface area contributed by atoms with Crippen molar-refractivity contribution in [2.24, 2.45) is 0 Å². The van der Waals surface area contributed by atoms with E-state index in [2.05, 4.69) is 10.3 Å². The Labute approximate surface area is 88.9 Å². The second kappa shape index (κ2) is 4.40. The maximum Gasteiger partial charge on any atom is 0.154 e. The molecule has 4 heteroatoms. The zero-order valence-corrected chi connectivity index (χ0v) is 8.57. The number of nitrogen functional groups attached to an aromatic ring is 1. The highest BCUT2D eigenvalue weighted by atomic mass is 16.1. The third-order valence-corrected chi connectivity index (χ3v) is 2.75. The quantitative estimate of drug-likeness (QED) is 0.755. The van der Waals surface area contributed by atoms with Gasteiger partial charge in [-0.25, -0.2) is 0 Å². The first kappa shape index (κ1) is 10.1. The van der Waals surface area contributed by atoms with E-state index < -0.39 is 0 Å². The molecule has 0 amide bonds. The summed E-state index contributed by atoms with van der Waals surface area (Å²) in [6.07, 6.45) is 5.72. The minimum Gasteiger partial charge on any atom is -0.398 e. The fourth-order valence-corrected chi connectivity index (χ4v) is 1.86. The van der Waals surface area contributed by atoms with Crippen molar-refractivity contribution in [1.82, 2.24) is 10.3 Å². The van der Waals surface area contributed by atoms with Crippen molar-refractivity contribution in [3.63, 3.8) is 0 Å². The molecule has 1 aliphatic heterocycles. The third-order valence-electron chi connectivity index (χ3n) is 2.75. The summed E-state index contributed by atoms with van der Waals surface area (Å²) in [7, 11) is 0. The standard InChI is InChI=1S/C11H15N3O/c12-9-3-5-13-7-8(9)6-11(15)10-2-1-4-14-10/h3,5,7,10,14H,1-2,4,6H2,(H2,12,13). The number of carbonyl (C=O) groups is 1. The maximum absolute atomic E-state index is 11.8. The number of nitrogens with one attached hydrogen (secondary N) is 1. The summed E-state index contributed by atoms with van der Waals surface area (Å²) in [4.78, 5) is 15.8. The molecule has 0 saturated carbocycles. The molecule has 1 aromatic heterocycles. The topological polar surface area (TPSA) is 68.0 Å². The van der Waals surface area contributed by atoms with Crippen molar-refractivity contribution in [3.05, 3.63) is 24.0 Å². The summed E-state index contributed by atoms with van der Waals surface area (Å²) in [6, 6.07) is 1.75. The Hall–Kier alpha value is -1.42. The molecule has 0 spiro atoms. The molecule has 0 aromatic carbocycles. The summed E-state index contributed by atoms with van der Waals surface area (Å²) in [5, 5.41) is 3.19. The molecule has 1 atom stereocenters. The van der Waals surface area contributed by atoms with Crippen molar-refractivity contribution in [2.75, 3.05) is 12.3 Å². The summed E-state index contributed by atoms with van der Waals surface area (Å²) < 4.78 is 0. The van der Waals surface area contributed by atoms with Crippen LogP contribution in [0.3, 0.4) is 0 Å². The number of hydrogen-bond acceptors (Lipinski definition) is 4. The van der Waals surface area contributed by atoms with Crippen LogP contribution in [0.2, 0.25) is 0 Å². The average molecular weight is 205 g/mol. The maximum atomic E-state index is 11.8. The summed E-state index contributed by atoms with van der Waals surface area (Å²) in [5.41, 5.74) is 7.23. The van der Waals surface area contributed by atoms with E-state index in [9.17, 15) is 4.79 Å². The van der Waals surface area contributed by atoms with Gasteiger partial charge in [-0.1, -0.05) is 0 Å². The van der Waals surface area contributed by atoms with Gasteiger partial charge in [0.25, 0.3) is 0 Å². The van der Waals surface area contributed by atoms with Crippen molar-refractivity contribution in [1.29, 1.82) is 0 Å². The smallest absolute Gasteiger partial charge is 0.154 e. The second-order valence-electron chi connectivity index (χ2n) is 3.87. The number of nitrogens with zero attached hydrogens (tertiary/aromatic N) is 1.